The summed E-state index contributed by atoms with van der Waals surface area (Å²) in [5, 5.41) is 12.6. The Bertz CT molecular complexity index is 533. The SMILES string of the molecule is CC(C)(O)CNc1nc(NN)nc(-n2ccnc2)n1. The molecule has 0 aliphatic rings. The normalized spacial score (nSPS) is 11.4. The number of rotatable bonds is 5. The van der Waals surface area contributed by atoms with E-state index in [-0.39, 0.29) is 5.95 Å². The molecule has 0 aliphatic carbocycles. The molecule has 2 rings (SSSR count). The van der Waals surface area contributed by atoms with Crippen molar-refractivity contribution in [3.05, 3.63) is 18.7 Å². The Morgan fingerprint density at radius 1 is 1.32 bits per heavy atom. The molecule has 0 saturated carbocycles. The van der Waals surface area contributed by atoms with Crippen LogP contribution >= 0.6 is 0 Å². The van der Waals surface area contributed by atoms with E-state index in [0.717, 1.165) is 0 Å². The number of nitrogens with zero attached hydrogens (tertiary/aromatic N) is 5. The number of aromatic nitrogens is 5. The molecule has 2 aromatic rings. The van der Waals surface area contributed by atoms with Crippen LogP contribution in [0.1, 0.15) is 13.8 Å². The summed E-state index contributed by atoms with van der Waals surface area (Å²) in [6, 6.07) is 0. The van der Waals surface area contributed by atoms with Gasteiger partial charge < -0.3 is 10.4 Å². The van der Waals surface area contributed by atoms with Crippen LogP contribution in [-0.2, 0) is 0 Å². The van der Waals surface area contributed by atoms with Crippen molar-refractivity contribution in [1.29, 1.82) is 0 Å². The lowest BCUT2D eigenvalue weighted by atomic mass is 10.1. The van der Waals surface area contributed by atoms with Gasteiger partial charge in [-0.1, -0.05) is 0 Å². The number of nitrogen functional groups attached to an aromatic ring is 1. The van der Waals surface area contributed by atoms with Gasteiger partial charge in [-0.05, 0) is 13.8 Å². The Morgan fingerprint density at radius 2 is 2.05 bits per heavy atom. The highest BCUT2D eigenvalue weighted by molar-refractivity contribution is 5.37. The van der Waals surface area contributed by atoms with Crippen LogP contribution in [0.25, 0.3) is 5.95 Å². The summed E-state index contributed by atoms with van der Waals surface area (Å²) in [5.41, 5.74) is 1.49. The minimum absolute atomic E-state index is 0.219. The second-order valence-corrected chi connectivity index (χ2v) is 4.56. The molecule has 2 heterocycles. The molecule has 0 saturated heterocycles. The quantitative estimate of drug-likeness (QED) is 0.421. The Hall–Kier alpha value is -2.26. The second-order valence-electron chi connectivity index (χ2n) is 4.56. The van der Waals surface area contributed by atoms with Gasteiger partial charge in [-0.25, -0.2) is 10.8 Å². The number of hydrogen-bond donors (Lipinski definition) is 4. The maximum absolute atomic E-state index is 9.67. The van der Waals surface area contributed by atoms with Crippen LogP contribution in [0, 0.1) is 0 Å². The Balaban J connectivity index is 2.26. The molecule has 2 aromatic heterocycles. The molecule has 9 heteroatoms. The molecular formula is C10H16N8O. The van der Waals surface area contributed by atoms with Gasteiger partial charge in [0.15, 0.2) is 0 Å². The van der Waals surface area contributed by atoms with Gasteiger partial charge in [0.05, 0.1) is 5.60 Å². The van der Waals surface area contributed by atoms with Gasteiger partial charge >= 0.3 is 0 Å². The highest BCUT2D eigenvalue weighted by Crippen LogP contribution is 2.10. The molecule has 102 valence electrons. The zero-order chi connectivity index (χ0) is 13.9. The minimum Gasteiger partial charge on any atom is -0.389 e. The lowest BCUT2D eigenvalue weighted by molar-refractivity contribution is 0.0943. The van der Waals surface area contributed by atoms with Crippen molar-refractivity contribution >= 4 is 11.9 Å². The summed E-state index contributed by atoms with van der Waals surface area (Å²) in [4.78, 5) is 16.3. The van der Waals surface area contributed by atoms with Crippen molar-refractivity contribution in [2.75, 3.05) is 17.3 Å². The highest BCUT2D eigenvalue weighted by Gasteiger charge is 2.14. The molecule has 0 amide bonds. The van der Waals surface area contributed by atoms with E-state index in [1.165, 1.54) is 0 Å². The number of nitrogens with one attached hydrogen (secondary N) is 2. The minimum atomic E-state index is -0.877. The van der Waals surface area contributed by atoms with Crippen LogP contribution in [0.4, 0.5) is 11.9 Å². The molecule has 0 radical (unpaired) electrons. The van der Waals surface area contributed by atoms with Gasteiger partial charge in [0.25, 0.3) is 0 Å². The molecular weight excluding hydrogens is 248 g/mol. The molecule has 0 atom stereocenters. The number of nitrogens with two attached hydrogens (primary N) is 1. The average molecular weight is 264 g/mol. The van der Waals surface area contributed by atoms with E-state index in [9.17, 15) is 5.11 Å². The first-order valence-electron chi connectivity index (χ1n) is 5.65. The number of anilines is 2. The van der Waals surface area contributed by atoms with E-state index in [2.05, 4.69) is 30.7 Å². The summed E-state index contributed by atoms with van der Waals surface area (Å²) in [6.07, 6.45) is 4.88. The third-order valence-electron chi connectivity index (χ3n) is 2.17. The van der Waals surface area contributed by atoms with Crippen molar-refractivity contribution in [3.63, 3.8) is 0 Å². The van der Waals surface area contributed by atoms with Crippen LogP contribution in [0.2, 0.25) is 0 Å². The van der Waals surface area contributed by atoms with Gasteiger partial charge in [0.2, 0.25) is 17.8 Å². The lowest BCUT2D eigenvalue weighted by Gasteiger charge is -2.17. The molecule has 0 fully saturated rings. The Morgan fingerprint density at radius 3 is 2.63 bits per heavy atom. The predicted octanol–water partition coefficient (Wildman–Crippen LogP) is -0.474. The summed E-state index contributed by atoms with van der Waals surface area (Å²) in [6.45, 7) is 3.66. The molecule has 0 aromatic carbocycles. The first-order chi connectivity index (χ1) is 8.98. The van der Waals surface area contributed by atoms with Crippen LogP contribution in [0.15, 0.2) is 18.7 Å². The molecule has 0 spiro atoms. The molecule has 0 aliphatic heterocycles. The molecule has 19 heavy (non-hydrogen) atoms. The van der Waals surface area contributed by atoms with E-state index >= 15 is 0 Å². The van der Waals surface area contributed by atoms with Crippen LogP contribution in [0.5, 0.6) is 0 Å². The first kappa shape index (κ1) is 13.2. The van der Waals surface area contributed by atoms with Crippen LogP contribution in [0.3, 0.4) is 0 Å². The summed E-state index contributed by atoms with van der Waals surface area (Å²) < 4.78 is 1.62. The largest absolute Gasteiger partial charge is 0.389 e. The summed E-state index contributed by atoms with van der Waals surface area (Å²) in [5.74, 6) is 6.22. The van der Waals surface area contributed by atoms with Crippen molar-refractivity contribution in [1.82, 2.24) is 24.5 Å². The monoisotopic (exact) mass is 264 g/mol. The van der Waals surface area contributed by atoms with Gasteiger partial charge in [0.1, 0.15) is 6.33 Å². The fourth-order valence-electron chi connectivity index (χ4n) is 1.30. The lowest BCUT2D eigenvalue weighted by Crippen LogP contribution is -2.30. The van der Waals surface area contributed by atoms with Crippen LogP contribution in [-0.4, -0.2) is 41.8 Å². The smallest absolute Gasteiger partial charge is 0.243 e. The van der Waals surface area contributed by atoms with Crippen molar-refractivity contribution in [2.45, 2.75) is 19.4 Å². The van der Waals surface area contributed by atoms with Crippen molar-refractivity contribution in [3.8, 4) is 5.95 Å². The zero-order valence-electron chi connectivity index (χ0n) is 10.7. The third-order valence-corrected chi connectivity index (χ3v) is 2.17. The Labute approximate surface area is 109 Å². The van der Waals surface area contributed by atoms with Gasteiger partial charge in [-0.2, -0.15) is 15.0 Å². The van der Waals surface area contributed by atoms with E-state index in [0.29, 0.717) is 18.4 Å². The van der Waals surface area contributed by atoms with Gasteiger partial charge in [-0.3, -0.25) is 9.99 Å². The topological polar surface area (TPSA) is 127 Å². The Kier molecular flexibility index (Phi) is 3.58. The van der Waals surface area contributed by atoms with E-state index in [1.807, 2.05) is 0 Å². The number of imidazole rings is 1. The van der Waals surface area contributed by atoms with Gasteiger partial charge in [0, 0.05) is 18.9 Å². The first-order valence-corrected chi connectivity index (χ1v) is 5.65. The fourth-order valence-corrected chi connectivity index (χ4v) is 1.30. The maximum Gasteiger partial charge on any atom is 0.243 e. The highest BCUT2D eigenvalue weighted by atomic mass is 16.3. The molecule has 0 bridgehead atoms. The van der Waals surface area contributed by atoms with Crippen molar-refractivity contribution in [2.24, 2.45) is 5.84 Å². The average Bonchev–Trinajstić information content (AvgIpc) is 2.89. The maximum atomic E-state index is 9.67. The summed E-state index contributed by atoms with van der Waals surface area (Å²) >= 11 is 0. The van der Waals surface area contributed by atoms with E-state index in [1.54, 1.807) is 37.1 Å². The van der Waals surface area contributed by atoms with Crippen LogP contribution < -0.4 is 16.6 Å². The molecule has 5 N–H and O–H groups in total. The molecule has 9 nitrogen and oxygen atoms in total. The third kappa shape index (κ3) is 3.60. The number of hydrogen-bond acceptors (Lipinski definition) is 8. The van der Waals surface area contributed by atoms with E-state index in [4.69, 9.17) is 5.84 Å². The summed E-state index contributed by atoms with van der Waals surface area (Å²) in [7, 11) is 0. The molecule has 0 unspecified atom stereocenters. The predicted molar refractivity (Wildman–Crippen MR) is 69.5 cm³/mol. The fraction of sp³-hybridized carbons (Fsp3) is 0.400. The van der Waals surface area contributed by atoms with Crippen molar-refractivity contribution < 1.29 is 5.11 Å². The standard InChI is InChI=1S/C10H16N8O/c1-10(2,19)5-13-7-14-8(17-11)16-9(15-7)18-4-3-12-6-18/h3-4,6,19H,5,11H2,1-2H3,(H2,13,14,15,16,17). The van der Waals surface area contributed by atoms with Gasteiger partial charge in [-0.15, -0.1) is 0 Å². The zero-order valence-corrected chi connectivity index (χ0v) is 10.7. The second kappa shape index (κ2) is 5.16. The van der Waals surface area contributed by atoms with E-state index < -0.39 is 5.60 Å². The number of aliphatic hydroxyl groups is 1. The number of hydrazine groups is 1.